The van der Waals surface area contributed by atoms with Crippen LogP contribution < -0.4 is 0 Å². The van der Waals surface area contributed by atoms with E-state index in [9.17, 15) is 9.90 Å². The predicted octanol–water partition coefficient (Wildman–Crippen LogP) is 3.06. The van der Waals surface area contributed by atoms with Crippen LogP contribution in [0.4, 0.5) is 0 Å². The highest BCUT2D eigenvalue weighted by molar-refractivity contribution is 5.89. The second kappa shape index (κ2) is 4.53. The van der Waals surface area contributed by atoms with Gasteiger partial charge < -0.3 is 5.11 Å². The topological polar surface area (TPSA) is 50.2 Å². The molecule has 2 rings (SSSR count). The molecule has 1 atom stereocenters. The van der Waals surface area contributed by atoms with E-state index >= 15 is 0 Å². The first-order valence-electron chi connectivity index (χ1n) is 5.67. The lowest BCUT2D eigenvalue weighted by Gasteiger charge is -2.17. The van der Waals surface area contributed by atoms with Gasteiger partial charge in [0.2, 0.25) is 0 Å². The highest BCUT2D eigenvalue weighted by Gasteiger charge is 2.26. The Morgan fingerprint density at radius 3 is 2.59 bits per heavy atom. The fraction of sp³-hybridized carbons (Fsp3) is 0.286. The molecule has 0 fully saturated rings. The molecule has 1 heterocycles. The lowest BCUT2D eigenvalue weighted by atomic mass is 9.89. The van der Waals surface area contributed by atoms with E-state index in [2.05, 4.69) is 4.98 Å². The molecule has 0 saturated carbocycles. The third-order valence-electron chi connectivity index (χ3n) is 2.93. The van der Waals surface area contributed by atoms with Crippen LogP contribution in [0, 0.1) is 5.92 Å². The number of benzene rings is 1. The van der Waals surface area contributed by atoms with Crippen molar-refractivity contribution in [3.05, 3.63) is 42.2 Å². The molecule has 1 aromatic heterocycles. The first-order chi connectivity index (χ1) is 8.11. The van der Waals surface area contributed by atoms with E-state index in [1.807, 2.05) is 44.2 Å². The Kier molecular flexibility index (Phi) is 3.09. The summed E-state index contributed by atoms with van der Waals surface area (Å²) in [6.45, 7) is 3.81. The van der Waals surface area contributed by atoms with Gasteiger partial charge in [-0.2, -0.15) is 0 Å². The van der Waals surface area contributed by atoms with Gasteiger partial charge in [-0.05, 0) is 17.4 Å². The van der Waals surface area contributed by atoms with Crippen LogP contribution in [-0.2, 0) is 4.79 Å². The number of fused-ring (bicyclic) bond motifs is 1. The SMILES string of the molecule is CC(C)C(C(=O)O)c1nccc2ccccc12. The fourth-order valence-corrected chi connectivity index (χ4v) is 2.11. The average molecular weight is 229 g/mol. The van der Waals surface area contributed by atoms with Crippen molar-refractivity contribution in [1.82, 2.24) is 4.98 Å². The van der Waals surface area contributed by atoms with E-state index in [-0.39, 0.29) is 5.92 Å². The van der Waals surface area contributed by atoms with Gasteiger partial charge in [0.15, 0.2) is 0 Å². The van der Waals surface area contributed by atoms with Crippen LogP contribution in [0.1, 0.15) is 25.5 Å². The molecule has 88 valence electrons. The van der Waals surface area contributed by atoms with Gasteiger partial charge in [0.25, 0.3) is 0 Å². The smallest absolute Gasteiger partial charge is 0.312 e. The fourth-order valence-electron chi connectivity index (χ4n) is 2.11. The van der Waals surface area contributed by atoms with Crippen molar-refractivity contribution in [2.24, 2.45) is 5.92 Å². The third-order valence-corrected chi connectivity index (χ3v) is 2.93. The second-order valence-electron chi connectivity index (χ2n) is 4.48. The molecule has 1 aromatic carbocycles. The number of carbonyl (C=O) groups is 1. The second-order valence-corrected chi connectivity index (χ2v) is 4.48. The summed E-state index contributed by atoms with van der Waals surface area (Å²) in [5.41, 5.74) is 0.658. The Morgan fingerprint density at radius 2 is 1.94 bits per heavy atom. The van der Waals surface area contributed by atoms with Gasteiger partial charge in [0.05, 0.1) is 5.69 Å². The van der Waals surface area contributed by atoms with E-state index < -0.39 is 11.9 Å². The maximum absolute atomic E-state index is 11.3. The van der Waals surface area contributed by atoms with Gasteiger partial charge in [-0.25, -0.2) is 0 Å². The standard InChI is InChI=1S/C14H15NO2/c1-9(2)12(14(16)17)13-11-6-4-3-5-10(11)7-8-15-13/h3-9,12H,1-2H3,(H,16,17). The predicted molar refractivity (Wildman–Crippen MR) is 67.0 cm³/mol. The Labute approximate surface area is 100 Å². The number of rotatable bonds is 3. The van der Waals surface area contributed by atoms with Crippen LogP contribution >= 0.6 is 0 Å². The average Bonchev–Trinajstić information content (AvgIpc) is 2.28. The number of hydrogen-bond donors (Lipinski definition) is 1. The molecule has 0 radical (unpaired) electrons. The van der Waals surface area contributed by atoms with E-state index in [0.717, 1.165) is 10.8 Å². The van der Waals surface area contributed by atoms with Crippen molar-refractivity contribution in [1.29, 1.82) is 0 Å². The summed E-state index contributed by atoms with van der Waals surface area (Å²) in [5.74, 6) is -1.35. The maximum atomic E-state index is 11.3. The molecule has 1 unspecified atom stereocenters. The molecule has 1 N–H and O–H groups in total. The molecule has 3 nitrogen and oxygen atoms in total. The quantitative estimate of drug-likeness (QED) is 0.880. The molecule has 3 heteroatoms. The van der Waals surface area contributed by atoms with Crippen molar-refractivity contribution in [3.63, 3.8) is 0 Å². The number of pyridine rings is 1. The summed E-state index contributed by atoms with van der Waals surface area (Å²) in [6, 6.07) is 9.65. The number of hydrogen-bond acceptors (Lipinski definition) is 2. The molecule has 0 saturated heterocycles. The van der Waals surface area contributed by atoms with Crippen LogP contribution in [0.3, 0.4) is 0 Å². The van der Waals surface area contributed by atoms with Crippen molar-refractivity contribution in [3.8, 4) is 0 Å². The van der Waals surface area contributed by atoms with E-state index in [1.165, 1.54) is 0 Å². The first-order valence-corrected chi connectivity index (χ1v) is 5.67. The van der Waals surface area contributed by atoms with Crippen molar-refractivity contribution >= 4 is 16.7 Å². The Bertz CT molecular complexity index is 543. The van der Waals surface area contributed by atoms with Crippen LogP contribution in [0.2, 0.25) is 0 Å². The minimum Gasteiger partial charge on any atom is -0.481 e. The zero-order chi connectivity index (χ0) is 12.4. The van der Waals surface area contributed by atoms with E-state index in [1.54, 1.807) is 6.20 Å². The molecule has 0 aliphatic heterocycles. The molecule has 0 amide bonds. The zero-order valence-corrected chi connectivity index (χ0v) is 9.92. The number of nitrogens with zero attached hydrogens (tertiary/aromatic N) is 1. The number of carboxylic acids is 1. The number of carboxylic acid groups (broad SMARTS) is 1. The normalized spacial score (nSPS) is 12.9. The van der Waals surface area contributed by atoms with Gasteiger partial charge in [0, 0.05) is 11.6 Å². The molecular weight excluding hydrogens is 214 g/mol. The van der Waals surface area contributed by atoms with Crippen molar-refractivity contribution < 1.29 is 9.90 Å². The summed E-state index contributed by atoms with van der Waals surface area (Å²) >= 11 is 0. The Hall–Kier alpha value is -1.90. The summed E-state index contributed by atoms with van der Waals surface area (Å²) in [4.78, 5) is 15.6. The Balaban J connectivity index is 2.65. The highest BCUT2D eigenvalue weighted by Crippen LogP contribution is 2.28. The minimum absolute atomic E-state index is 0.0193. The third kappa shape index (κ3) is 2.13. The number of aliphatic carboxylic acids is 1. The van der Waals surface area contributed by atoms with Crippen molar-refractivity contribution in [2.45, 2.75) is 19.8 Å². The maximum Gasteiger partial charge on any atom is 0.312 e. The summed E-state index contributed by atoms with van der Waals surface area (Å²) in [6.07, 6.45) is 1.68. The summed E-state index contributed by atoms with van der Waals surface area (Å²) in [7, 11) is 0. The van der Waals surface area contributed by atoms with Gasteiger partial charge in [-0.1, -0.05) is 38.1 Å². The van der Waals surface area contributed by atoms with Gasteiger partial charge in [-0.3, -0.25) is 9.78 Å². The summed E-state index contributed by atoms with van der Waals surface area (Å²) in [5, 5.41) is 11.3. The van der Waals surface area contributed by atoms with Gasteiger partial charge in [-0.15, -0.1) is 0 Å². The molecule has 0 aliphatic rings. The van der Waals surface area contributed by atoms with Gasteiger partial charge in [0.1, 0.15) is 5.92 Å². The molecular formula is C14H15NO2. The minimum atomic E-state index is -0.816. The zero-order valence-electron chi connectivity index (χ0n) is 9.92. The van der Waals surface area contributed by atoms with Crippen molar-refractivity contribution in [2.75, 3.05) is 0 Å². The lowest BCUT2D eigenvalue weighted by molar-refractivity contribution is -0.139. The van der Waals surface area contributed by atoms with Crippen LogP contribution in [0.15, 0.2) is 36.5 Å². The van der Waals surface area contributed by atoms with Gasteiger partial charge >= 0.3 is 5.97 Å². The summed E-state index contributed by atoms with van der Waals surface area (Å²) < 4.78 is 0. The van der Waals surface area contributed by atoms with E-state index in [4.69, 9.17) is 0 Å². The molecule has 0 aliphatic carbocycles. The highest BCUT2D eigenvalue weighted by atomic mass is 16.4. The van der Waals surface area contributed by atoms with Crippen LogP contribution in [0.5, 0.6) is 0 Å². The number of aromatic nitrogens is 1. The molecule has 0 spiro atoms. The molecule has 2 aromatic rings. The van der Waals surface area contributed by atoms with Crippen LogP contribution in [-0.4, -0.2) is 16.1 Å². The monoisotopic (exact) mass is 229 g/mol. The molecule has 17 heavy (non-hydrogen) atoms. The Morgan fingerprint density at radius 1 is 1.24 bits per heavy atom. The largest absolute Gasteiger partial charge is 0.481 e. The molecule has 0 bridgehead atoms. The van der Waals surface area contributed by atoms with Crippen LogP contribution in [0.25, 0.3) is 10.8 Å². The first kappa shape index (κ1) is 11.6. The van der Waals surface area contributed by atoms with E-state index in [0.29, 0.717) is 5.69 Å². The lowest BCUT2D eigenvalue weighted by Crippen LogP contribution is -2.19.